The number of hydroxylamine groups is 2. The quantitative estimate of drug-likeness (QED) is 0.723. The molecule has 7 nitrogen and oxygen atoms in total. The highest BCUT2D eigenvalue weighted by Crippen LogP contribution is 2.01. The van der Waals surface area contributed by atoms with Gasteiger partial charge >= 0.3 is 6.09 Å². The minimum absolute atomic E-state index is 0.0725. The maximum Gasteiger partial charge on any atom is 0.407 e. The van der Waals surface area contributed by atoms with Crippen molar-refractivity contribution in [2.24, 2.45) is 0 Å². The first-order chi connectivity index (χ1) is 10.0. The van der Waals surface area contributed by atoms with E-state index >= 15 is 0 Å². The third kappa shape index (κ3) is 6.73. The maximum absolute atomic E-state index is 11.4. The number of rotatable bonds is 7. The summed E-state index contributed by atoms with van der Waals surface area (Å²) in [6, 6.07) is 9.23. The van der Waals surface area contributed by atoms with E-state index in [-0.39, 0.29) is 25.5 Å². The zero-order chi connectivity index (χ0) is 15.7. The predicted octanol–water partition coefficient (Wildman–Crippen LogP) is 0.684. The van der Waals surface area contributed by atoms with Crippen LogP contribution in [0.2, 0.25) is 0 Å². The topological polar surface area (TPSA) is 88.1 Å². The van der Waals surface area contributed by atoms with Crippen molar-refractivity contribution >= 4 is 12.0 Å². The van der Waals surface area contributed by atoms with Crippen LogP contribution in [-0.2, 0) is 21.0 Å². The molecule has 2 N–H and O–H groups in total. The molecular weight excluding hydrogens is 276 g/mol. The lowest BCUT2D eigenvalue weighted by atomic mass is 10.2. The van der Waals surface area contributed by atoms with Crippen molar-refractivity contribution in [3.05, 3.63) is 35.9 Å². The molecule has 1 unspecified atom stereocenters. The van der Waals surface area contributed by atoms with Gasteiger partial charge in [-0.1, -0.05) is 30.3 Å². The number of nitrogens with zero attached hydrogens (tertiary/aromatic N) is 1. The molecule has 0 aliphatic heterocycles. The molecule has 2 amide bonds. The summed E-state index contributed by atoms with van der Waals surface area (Å²) in [4.78, 5) is 27.6. The summed E-state index contributed by atoms with van der Waals surface area (Å²) in [7, 11) is 2.79. The van der Waals surface area contributed by atoms with E-state index in [4.69, 9.17) is 4.74 Å². The van der Waals surface area contributed by atoms with Crippen LogP contribution in [-0.4, -0.2) is 49.0 Å². The number of nitrogens with one attached hydrogen (secondary N) is 1. The minimum Gasteiger partial charge on any atom is -0.445 e. The highest BCUT2D eigenvalue weighted by Gasteiger charge is 2.15. The Balaban J connectivity index is 2.22. The lowest BCUT2D eigenvalue weighted by Crippen LogP contribution is -2.36. The average molecular weight is 296 g/mol. The largest absolute Gasteiger partial charge is 0.445 e. The van der Waals surface area contributed by atoms with Crippen LogP contribution >= 0.6 is 0 Å². The van der Waals surface area contributed by atoms with Gasteiger partial charge in [0.05, 0.1) is 19.6 Å². The first-order valence-corrected chi connectivity index (χ1v) is 6.46. The molecule has 0 aromatic heterocycles. The monoisotopic (exact) mass is 296 g/mol. The van der Waals surface area contributed by atoms with Crippen LogP contribution in [0.25, 0.3) is 0 Å². The zero-order valence-corrected chi connectivity index (χ0v) is 12.1. The Morgan fingerprint density at radius 2 is 2.00 bits per heavy atom. The Morgan fingerprint density at radius 1 is 1.33 bits per heavy atom. The summed E-state index contributed by atoms with van der Waals surface area (Å²) in [5.41, 5.74) is 0.866. The number of carbonyl (C=O) groups is 2. The molecule has 0 bridgehead atoms. The first-order valence-electron chi connectivity index (χ1n) is 6.46. The van der Waals surface area contributed by atoms with Crippen LogP contribution in [0.5, 0.6) is 0 Å². The number of carbonyl (C=O) groups excluding carboxylic acids is 2. The molecule has 0 radical (unpaired) electrons. The molecule has 1 rings (SSSR count). The molecule has 1 atom stereocenters. The van der Waals surface area contributed by atoms with Crippen molar-refractivity contribution in [1.29, 1.82) is 0 Å². The summed E-state index contributed by atoms with van der Waals surface area (Å²) in [5, 5.41) is 13.0. The molecule has 0 fully saturated rings. The summed E-state index contributed by atoms with van der Waals surface area (Å²) < 4.78 is 4.97. The van der Waals surface area contributed by atoms with Gasteiger partial charge in [-0.15, -0.1) is 0 Å². The molecular formula is C14H20N2O5. The Kier molecular flexibility index (Phi) is 7.20. The fourth-order valence-electron chi connectivity index (χ4n) is 1.48. The van der Waals surface area contributed by atoms with E-state index in [2.05, 4.69) is 10.2 Å². The van der Waals surface area contributed by atoms with Crippen LogP contribution in [0.4, 0.5) is 4.79 Å². The van der Waals surface area contributed by atoms with Crippen molar-refractivity contribution in [3.63, 3.8) is 0 Å². The summed E-state index contributed by atoms with van der Waals surface area (Å²) in [5.74, 6) is -0.385. The van der Waals surface area contributed by atoms with Crippen LogP contribution in [0.3, 0.4) is 0 Å². The van der Waals surface area contributed by atoms with E-state index < -0.39 is 12.2 Å². The summed E-state index contributed by atoms with van der Waals surface area (Å²) in [6.45, 7) is 0.0744. The van der Waals surface area contributed by atoms with Gasteiger partial charge in [0, 0.05) is 13.6 Å². The van der Waals surface area contributed by atoms with Crippen LogP contribution in [0.1, 0.15) is 12.0 Å². The molecule has 21 heavy (non-hydrogen) atoms. The predicted molar refractivity (Wildman–Crippen MR) is 75.0 cm³/mol. The molecule has 7 heteroatoms. The number of aliphatic hydroxyl groups excluding tert-OH is 1. The van der Waals surface area contributed by atoms with Crippen molar-refractivity contribution in [2.45, 2.75) is 19.1 Å². The number of benzene rings is 1. The molecule has 1 aromatic rings. The Labute approximate surface area is 123 Å². The molecule has 0 aliphatic carbocycles. The van der Waals surface area contributed by atoms with Crippen LogP contribution in [0, 0.1) is 0 Å². The fourth-order valence-corrected chi connectivity index (χ4v) is 1.48. The van der Waals surface area contributed by atoms with Gasteiger partial charge in [0.15, 0.2) is 0 Å². The van der Waals surface area contributed by atoms with Gasteiger partial charge in [-0.3, -0.25) is 9.63 Å². The van der Waals surface area contributed by atoms with Crippen LogP contribution in [0.15, 0.2) is 30.3 Å². The molecule has 116 valence electrons. The second kappa shape index (κ2) is 8.93. The van der Waals surface area contributed by atoms with Gasteiger partial charge in [0.1, 0.15) is 6.61 Å². The second-order valence-corrected chi connectivity index (χ2v) is 4.37. The molecule has 0 saturated carbocycles. The van der Waals surface area contributed by atoms with Crippen molar-refractivity contribution in [2.75, 3.05) is 20.7 Å². The normalized spacial score (nSPS) is 11.6. The SMILES string of the molecule is CON(C)C(=O)CC(O)CNC(=O)OCc1ccccc1. The van der Waals surface area contributed by atoms with E-state index in [1.807, 2.05) is 30.3 Å². The molecule has 0 saturated heterocycles. The van der Waals surface area contributed by atoms with Gasteiger partial charge in [-0.25, -0.2) is 9.86 Å². The first kappa shape index (κ1) is 16.9. The van der Waals surface area contributed by atoms with Crippen molar-refractivity contribution in [3.8, 4) is 0 Å². The van der Waals surface area contributed by atoms with Gasteiger partial charge in [-0.05, 0) is 5.56 Å². The Morgan fingerprint density at radius 3 is 2.62 bits per heavy atom. The van der Waals surface area contributed by atoms with E-state index in [9.17, 15) is 14.7 Å². The number of amides is 2. The Bertz CT molecular complexity index is 452. The third-order valence-electron chi connectivity index (χ3n) is 2.73. The van der Waals surface area contributed by atoms with Gasteiger partial charge < -0.3 is 15.2 Å². The van der Waals surface area contributed by atoms with E-state index in [0.29, 0.717) is 0 Å². The standard InChI is InChI=1S/C14H20N2O5/c1-16(20-2)13(18)8-12(17)9-15-14(19)21-10-11-6-4-3-5-7-11/h3-7,12,17H,8-10H2,1-2H3,(H,15,19). The number of alkyl carbamates (subject to hydrolysis) is 1. The van der Waals surface area contributed by atoms with Gasteiger partial charge in [0.25, 0.3) is 0 Å². The highest BCUT2D eigenvalue weighted by atomic mass is 16.7. The minimum atomic E-state index is -1.00. The van der Waals surface area contributed by atoms with Crippen LogP contribution < -0.4 is 5.32 Å². The third-order valence-corrected chi connectivity index (χ3v) is 2.73. The second-order valence-electron chi connectivity index (χ2n) is 4.37. The number of hydrogen-bond acceptors (Lipinski definition) is 5. The van der Waals surface area contributed by atoms with Crippen molar-refractivity contribution in [1.82, 2.24) is 10.4 Å². The Hall–Kier alpha value is -2.12. The van der Waals surface area contributed by atoms with E-state index in [0.717, 1.165) is 10.6 Å². The fraction of sp³-hybridized carbons (Fsp3) is 0.429. The smallest absolute Gasteiger partial charge is 0.407 e. The number of aliphatic hydroxyl groups is 1. The summed E-state index contributed by atoms with van der Waals surface area (Å²) in [6.07, 6.45) is -1.80. The molecule has 1 aromatic carbocycles. The zero-order valence-electron chi connectivity index (χ0n) is 12.1. The summed E-state index contributed by atoms with van der Waals surface area (Å²) >= 11 is 0. The van der Waals surface area contributed by atoms with Gasteiger partial charge in [-0.2, -0.15) is 0 Å². The number of hydrogen-bond donors (Lipinski definition) is 2. The lowest BCUT2D eigenvalue weighted by molar-refractivity contribution is -0.170. The van der Waals surface area contributed by atoms with Crippen molar-refractivity contribution < 1.29 is 24.3 Å². The molecule has 0 spiro atoms. The molecule has 0 aliphatic rings. The van der Waals surface area contributed by atoms with E-state index in [1.54, 1.807) is 0 Å². The van der Waals surface area contributed by atoms with E-state index in [1.165, 1.54) is 14.2 Å². The number of ether oxygens (including phenoxy) is 1. The lowest BCUT2D eigenvalue weighted by Gasteiger charge is -2.16. The average Bonchev–Trinajstić information content (AvgIpc) is 2.51. The highest BCUT2D eigenvalue weighted by molar-refractivity contribution is 5.75. The van der Waals surface area contributed by atoms with Gasteiger partial charge in [0.2, 0.25) is 5.91 Å². The maximum atomic E-state index is 11.4. The molecule has 0 heterocycles.